The van der Waals surface area contributed by atoms with Gasteiger partial charge in [-0.1, -0.05) is 31.2 Å². The van der Waals surface area contributed by atoms with E-state index in [-0.39, 0.29) is 12.2 Å². The third-order valence-electron chi connectivity index (χ3n) is 4.52. The molecule has 0 saturated heterocycles. The Hall–Kier alpha value is -0.860. The van der Waals surface area contributed by atoms with Crippen LogP contribution in [-0.4, -0.2) is 17.8 Å². The minimum absolute atomic E-state index is 0.0890. The van der Waals surface area contributed by atoms with Crippen molar-refractivity contribution in [1.82, 2.24) is 0 Å². The molecule has 3 rings (SSSR count). The summed E-state index contributed by atoms with van der Waals surface area (Å²) in [7, 11) is 0. The molecule has 0 amide bonds. The lowest BCUT2D eigenvalue weighted by Crippen LogP contribution is -2.26. The fourth-order valence-electron chi connectivity index (χ4n) is 3.04. The fourth-order valence-corrected chi connectivity index (χ4v) is 3.04. The summed E-state index contributed by atoms with van der Waals surface area (Å²) in [5.41, 5.74) is 2.67. The molecule has 3 atom stereocenters. The Bertz CT molecular complexity index is 411. The van der Waals surface area contributed by atoms with Crippen molar-refractivity contribution in [2.45, 2.75) is 44.8 Å². The smallest absolute Gasteiger partial charge is 0.0852 e. The Balaban J connectivity index is 1.69. The van der Waals surface area contributed by atoms with Crippen LogP contribution >= 0.6 is 0 Å². The predicted molar refractivity (Wildman–Crippen MR) is 71.4 cm³/mol. The van der Waals surface area contributed by atoms with E-state index in [0.29, 0.717) is 5.92 Å². The highest BCUT2D eigenvalue weighted by Crippen LogP contribution is 2.41. The number of fused-ring (bicyclic) bond motifs is 1. The maximum atomic E-state index is 10.3. The van der Waals surface area contributed by atoms with Crippen LogP contribution in [0.3, 0.4) is 0 Å². The second kappa shape index (κ2) is 5.02. The van der Waals surface area contributed by atoms with Gasteiger partial charge in [-0.15, -0.1) is 0 Å². The van der Waals surface area contributed by atoms with Gasteiger partial charge in [-0.3, -0.25) is 0 Å². The van der Waals surface area contributed by atoms with Crippen molar-refractivity contribution in [1.29, 1.82) is 0 Å². The maximum absolute atomic E-state index is 10.3. The van der Waals surface area contributed by atoms with Gasteiger partial charge < -0.3 is 9.84 Å². The second-order valence-corrected chi connectivity index (χ2v) is 5.81. The molecule has 2 nitrogen and oxygen atoms in total. The van der Waals surface area contributed by atoms with Gasteiger partial charge >= 0.3 is 0 Å². The van der Waals surface area contributed by atoms with Gasteiger partial charge in [0.25, 0.3) is 0 Å². The lowest BCUT2D eigenvalue weighted by molar-refractivity contribution is -0.0121. The summed E-state index contributed by atoms with van der Waals surface area (Å²) < 4.78 is 5.87. The van der Waals surface area contributed by atoms with Gasteiger partial charge in [-0.05, 0) is 42.2 Å². The van der Waals surface area contributed by atoms with Crippen LogP contribution in [0.2, 0.25) is 0 Å². The first-order valence-electron chi connectivity index (χ1n) is 7.13. The van der Waals surface area contributed by atoms with Crippen molar-refractivity contribution in [2.24, 2.45) is 11.8 Å². The Morgan fingerprint density at radius 3 is 2.89 bits per heavy atom. The number of hydrogen-bond donors (Lipinski definition) is 1. The van der Waals surface area contributed by atoms with E-state index in [0.717, 1.165) is 25.4 Å². The quantitative estimate of drug-likeness (QED) is 0.884. The van der Waals surface area contributed by atoms with Crippen molar-refractivity contribution in [3.05, 3.63) is 35.4 Å². The third kappa shape index (κ3) is 2.45. The van der Waals surface area contributed by atoms with E-state index in [9.17, 15) is 5.11 Å². The van der Waals surface area contributed by atoms with E-state index in [1.807, 2.05) is 0 Å². The Morgan fingerprint density at radius 1 is 1.33 bits per heavy atom. The minimum Gasteiger partial charge on any atom is -0.393 e. The number of ether oxygens (including phenoxy) is 1. The van der Waals surface area contributed by atoms with Crippen molar-refractivity contribution in [2.75, 3.05) is 6.61 Å². The molecule has 98 valence electrons. The highest BCUT2D eigenvalue weighted by molar-refractivity contribution is 5.30. The maximum Gasteiger partial charge on any atom is 0.0852 e. The molecule has 1 aliphatic carbocycles. The molecule has 1 aromatic carbocycles. The molecule has 1 heterocycles. The average Bonchev–Trinajstić information content (AvgIpc) is 3.22. The van der Waals surface area contributed by atoms with Crippen LogP contribution in [0, 0.1) is 11.8 Å². The van der Waals surface area contributed by atoms with Crippen LogP contribution in [0.1, 0.15) is 43.4 Å². The monoisotopic (exact) mass is 246 g/mol. The summed E-state index contributed by atoms with van der Waals surface area (Å²) in [5.74, 6) is 1.17. The molecule has 2 aliphatic rings. The molecule has 18 heavy (non-hydrogen) atoms. The molecule has 1 fully saturated rings. The zero-order chi connectivity index (χ0) is 12.5. The largest absolute Gasteiger partial charge is 0.393 e. The normalized spacial score (nSPS) is 26.4. The molecule has 1 aromatic rings. The number of hydrogen-bond acceptors (Lipinski definition) is 2. The Kier molecular flexibility index (Phi) is 3.40. The van der Waals surface area contributed by atoms with E-state index < -0.39 is 0 Å². The zero-order valence-corrected chi connectivity index (χ0v) is 11.0. The van der Waals surface area contributed by atoms with Crippen LogP contribution in [0.25, 0.3) is 0 Å². The molecule has 3 unspecified atom stereocenters. The van der Waals surface area contributed by atoms with Crippen LogP contribution in [0.5, 0.6) is 0 Å². The van der Waals surface area contributed by atoms with Gasteiger partial charge in [0.1, 0.15) is 0 Å². The molecular formula is C16H22O2. The number of rotatable bonds is 4. The number of aliphatic hydroxyl groups is 1. The molecule has 0 radical (unpaired) electrons. The molecule has 0 aromatic heterocycles. The summed E-state index contributed by atoms with van der Waals surface area (Å²) in [4.78, 5) is 0. The van der Waals surface area contributed by atoms with Crippen LogP contribution < -0.4 is 0 Å². The van der Waals surface area contributed by atoms with E-state index >= 15 is 0 Å². The number of aliphatic hydroxyl groups excluding tert-OH is 1. The lowest BCUT2D eigenvalue weighted by atomic mass is 9.89. The van der Waals surface area contributed by atoms with E-state index in [1.165, 1.54) is 24.0 Å². The highest BCUT2D eigenvalue weighted by atomic mass is 16.5. The molecule has 1 aliphatic heterocycles. The molecule has 1 saturated carbocycles. The molecule has 0 bridgehead atoms. The SMILES string of the molecule is CC(C(O)CC1OCCc2ccccc21)C1CC1. The first-order valence-corrected chi connectivity index (χ1v) is 7.13. The standard InChI is InChI=1S/C16H22O2/c1-11(12-6-7-12)15(17)10-16-14-5-3-2-4-13(14)8-9-18-16/h2-5,11-12,15-17H,6-10H2,1H3. The van der Waals surface area contributed by atoms with E-state index in [1.54, 1.807) is 0 Å². The van der Waals surface area contributed by atoms with Gasteiger partial charge in [-0.2, -0.15) is 0 Å². The predicted octanol–water partition coefficient (Wildman–Crippen LogP) is 3.10. The lowest BCUT2D eigenvalue weighted by Gasteiger charge is -2.29. The van der Waals surface area contributed by atoms with Crippen molar-refractivity contribution in [3.63, 3.8) is 0 Å². The zero-order valence-electron chi connectivity index (χ0n) is 11.0. The average molecular weight is 246 g/mol. The minimum atomic E-state index is -0.228. The molecule has 0 spiro atoms. The fraction of sp³-hybridized carbons (Fsp3) is 0.625. The second-order valence-electron chi connectivity index (χ2n) is 5.81. The Labute approximate surface area is 109 Å². The summed E-state index contributed by atoms with van der Waals surface area (Å²) in [6.45, 7) is 2.96. The van der Waals surface area contributed by atoms with Gasteiger partial charge in [0, 0.05) is 6.42 Å². The highest BCUT2D eigenvalue weighted by Gasteiger charge is 2.34. The van der Waals surface area contributed by atoms with Crippen molar-refractivity contribution in [3.8, 4) is 0 Å². The van der Waals surface area contributed by atoms with Crippen molar-refractivity contribution < 1.29 is 9.84 Å². The van der Waals surface area contributed by atoms with Gasteiger partial charge in [0.15, 0.2) is 0 Å². The topological polar surface area (TPSA) is 29.5 Å². The van der Waals surface area contributed by atoms with Crippen LogP contribution in [0.15, 0.2) is 24.3 Å². The Morgan fingerprint density at radius 2 is 2.11 bits per heavy atom. The summed E-state index contributed by atoms with van der Waals surface area (Å²) >= 11 is 0. The molecule has 1 N–H and O–H groups in total. The van der Waals surface area contributed by atoms with E-state index in [2.05, 4.69) is 31.2 Å². The number of benzene rings is 1. The first kappa shape index (κ1) is 12.2. The van der Waals surface area contributed by atoms with Gasteiger partial charge in [-0.25, -0.2) is 0 Å². The summed E-state index contributed by atoms with van der Waals surface area (Å²) in [5, 5.41) is 10.3. The van der Waals surface area contributed by atoms with Gasteiger partial charge in [0.05, 0.1) is 18.8 Å². The van der Waals surface area contributed by atoms with Crippen LogP contribution in [-0.2, 0) is 11.2 Å². The van der Waals surface area contributed by atoms with E-state index in [4.69, 9.17) is 4.74 Å². The van der Waals surface area contributed by atoms with Crippen molar-refractivity contribution >= 4 is 0 Å². The third-order valence-corrected chi connectivity index (χ3v) is 4.52. The summed E-state index contributed by atoms with van der Waals surface area (Å²) in [6.07, 6.45) is 4.19. The first-order chi connectivity index (χ1) is 8.75. The van der Waals surface area contributed by atoms with Gasteiger partial charge in [0.2, 0.25) is 0 Å². The molecular weight excluding hydrogens is 224 g/mol. The molecule has 2 heteroatoms. The summed E-state index contributed by atoms with van der Waals surface area (Å²) in [6, 6.07) is 8.48. The van der Waals surface area contributed by atoms with Crippen LogP contribution in [0.4, 0.5) is 0 Å².